The molecule has 1 rings (SSSR count). The number of alkyl halides is 3. The van der Waals surface area contributed by atoms with Crippen LogP contribution in [0.5, 0.6) is 0 Å². The summed E-state index contributed by atoms with van der Waals surface area (Å²) in [6.45, 7) is 1.96. The van der Waals surface area contributed by atoms with E-state index in [9.17, 15) is 4.79 Å². The molecule has 0 heterocycles. The molecule has 0 aliphatic carbocycles. The Balaban J connectivity index is 2.71. The molecule has 0 aliphatic heterocycles. The lowest BCUT2D eigenvalue weighted by molar-refractivity contribution is 0.151. The van der Waals surface area contributed by atoms with Gasteiger partial charge in [0.15, 0.2) is 0 Å². The van der Waals surface area contributed by atoms with Crippen molar-refractivity contribution in [2.75, 3.05) is 6.61 Å². The summed E-state index contributed by atoms with van der Waals surface area (Å²) < 4.78 is 3.13. The number of thioether (sulfide) groups is 1. The average Bonchev–Trinajstić information content (AvgIpc) is 2.28. The van der Waals surface area contributed by atoms with Gasteiger partial charge in [-0.25, -0.2) is 4.79 Å². The van der Waals surface area contributed by atoms with Crippen LogP contribution in [-0.2, 0) is 4.74 Å². The van der Waals surface area contributed by atoms with Gasteiger partial charge in [-0.15, -0.1) is 0 Å². The van der Waals surface area contributed by atoms with Gasteiger partial charge in [-0.3, -0.25) is 0 Å². The fourth-order valence-electron chi connectivity index (χ4n) is 1.09. The number of hydrogen-bond donors (Lipinski definition) is 1. The van der Waals surface area contributed by atoms with E-state index in [1.807, 2.05) is 30.3 Å². The second-order valence-electron chi connectivity index (χ2n) is 3.22. The van der Waals surface area contributed by atoms with Crippen LogP contribution in [0.4, 0.5) is 4.79 Å². The van der Waals surface area contributed by atoms with Crippen LogP contribution in [0, 0.1) is 0 Å². The summed E-state index contributed by atoms with van der Waals surface area (Å²) in [7, 11) is 0. The van der Waals surface area contributed by atoms with Crippen molar-refractivity contribution in [1.82, 2.24) is 5.32 Å². The third-order valence-electron chi connectivity index (χ3n) is 1.82. The lowest BCUT2D eigenvalue weighted by atomic mass is 10.4. The molecule has 0 saturated heterocycles. The van der Waals surface area contributed by atoms with Gasteiger partial charge in [-0.2, -0.15) is 0 Å². The number of hydrogen-bond acceptors (Lipinski definition) is 3. The van der Waals surface area contributed by atoms with Crippen molar-refractivity contribution in [2.24, 2.45) is 0 Å². The summed E-state index contributed by atoms with van der Waals surface area (Å²) in [5, 5.41) is 1.78. The fourth-order valence-corrected chi connectivity index (χ4v) is 2.53. The maximum atomic E-state index is 11.4. The maximum absolute atomic E-state index is 11.4. The third-order valence-corrected chi connectivity index (χ3v) is 4.11. The molecule has 1 aromatic rings. The second kappa shape index (κ2) is 7.34. The van der Waals surface area contributed by atoms with Gasteiger partial charge in [0.25, 0.3) is 0 Å². The number of benzene rings is 1. The van der Waals surface area contributed by atoms with E-state index in [-0.39, 0.29) is 6.61 Å². The smallest absolute Gasteiger partial charge is 0.408 e. The van der Waals surface area contributed by atoms with Gasteiger partial charge in [0, 0.05) is 4.90 Å². The molecule has 7 heteroatoms. The van der Waals surface area contributed by atoms with Gasteiger partial charge in [0.05, 0.1) is 6.61 Å². The van der Waals surface area contributed by atoms with E-state index in [1.54, 1.807) is 6.92 Å². The summed E-state index contributed by atoms with van der Waals surface area (Å²) in [4.78, 5) is 12.2. The highest BCUT2D eigenvalue weighted by atomic mass is 35.6. The van der Waals surface area contributed by atoms with E-state index in [0.29, 0.717) is 0 Å². The van der Waals surface area contributed by atoms with Crippen LogP contribution in [0.2, 0.25) is 0 Å². The van der Waals surface area contributed by atoms with Crippen molar-refractivity contribution in [3.05, 3.63) is 30.3 Å². The van der Waals surface area contributed by atoms with Crippen molar-refractivity contribution in [1.29, 1.82) is 0 Å². The number of carbonyl (C=O) groups is 1. The first-order valence-corrected chi connectivity index (χ1v) is 7.16. The highest BCUT2D eigenvalue weighted by Crippen LogP contribution is 2.39. The molecular weight excluding hydrogens is 317 g/mol. The van der Waals surface area contributed by atoms with E-state index in [0.717, 1.165) is 4.90 Å². The van der Waals surface area contributed by atoms with Crippen LogP contribution in [-0.4, -0.2) is 21.9 Å². The first kappa shape index (κ1) is 15.8. The zero-order valence-electron chi connectivity index (χ0n) is 9.53. The predicted octanol–water partition coefficient (Wildman–Crippen LogP) is 4.22. The third kappa shape index (κ3) is 5.57. The Morgan fingerprint density at radius 2 is 2.00 bits per heavy atom. The SMILES string of the molecule is CCOC(=O)N[C@H](Sc1ccccc1)C(Cl)(Cl)Cl. The van der Waals surface area contributed by atoms with Gasteiger partial charge in [-0.05, 0) is 19.1 Å². The number of amides is 1. The minimum absolute atomic E-state index is 0.258. The maximum Gasteiger partial charge on any atom is 0.408 e. The molecule has 1 amide bonds. The van der Waals surface area contributed by atoms with E-state index in [4.69, 9.17) is 39.5 Å². The van der Waals surface area contributed by atoms with Gasteiger partial charge in [0.2, 0.25) is 3.79 Å². The van der Waals surface area contributed by atoms with Gasteiger partial charge in [-0.1, -0.05) is 64.8 Å². The Hall–Kier alpha value is -0.290. The van der Waals surface area contributed by atoms with Crippen molar-refractivity contribution < 1.29 is 9.53 Å². The second-order valence-corrected chi connectivity index (χ2v) is 6.76. The number of nitrogens with one attached hydrogen (secondary N) is 1. The molecule has 0 aromatic heterocycles. The Morgan fingerprint density at radius 3 is 2.50 bits per heavy atom. The standard InChI is InChI=1S/C11H12Cl3NO2S/c1-2-17-10(16)15-9(11(12,13)14)18-8-6-4-3-5-7-8/h3-7,9H,2H2,1H3,(H,15,16)/t9-/m1/s1. The van der Waals surface area contributed by atoms with E-state index in [2.05, 4.69) is 5.32 Å². The van der Waals surface area contributed by atoms with Crippen LogP contribution < -0.4 is 5.32 Å². The van der Waals surface area contributed by atoms with E-state index < -0.39 is 15.3 Å². The molecule has 1 atom stereocenters. The molecule has 0 aliphatic rings. The Morgan fingerprint density at radius 1 is 1.39 bits per heavy atom. The van der Waals surface area contributed by atoms with Crippen molar-refractivity contribution >= 4 is 52.7 Å². The van der Waals surface area contributed by atoms with Crippen LogP contribution >= 0.6 is 46.6 Å². The van der Waals surface area contributed by atoms with Crippen LogP contribution in [0.1, 0.15) is 6.92 Å². The molecule has 0 spiro atoms. The molecule has 18 heavy (non-hydrogen) atoms. The topological polar surface area (TPSA) is 38.3 Å². The fraction of sp³-hybridized carbons (Fsp3) is 0.364. The molecule has 0 fully saturated rings. The molecule has 1 aromatic carbocycles. The lowest BCUT2D eigenvalue weighted by Gasteiger charge is -2.24. The first-order chi connectivity index (χ1) is 8.43. The zero-order valence-corrected chi connectivity index (χ0v) is 12.6. The van der Waals surface area contributed by atoms with E-state index >= 15 is 0 Å². The van der Waals surface area contributed by atoms with Crippen LogP contribution in [0.3, 0.4) is 0 Å². The van der Waals surface area contributed by atoms with Crippen molar-refractivity contribution in [2.45, 2.75) is 21.0 Å². The summed E-state index contributed by atoms with van der Waals surface area (Å²) in [6.07, 6.45) is -0.614. The molecule has 100 valence electrons. The first-order valence-electron chi connectivity index (χ1n) is 5.15. The number of halogens is 3. The predicted molar refractivity (Wildman–Crippen MR) is 76.5 cm³/mol. The molecule has 0 saturated carbocycles. The number of carbonyl (C=O) groups excluding carboxylic acids is 1. The summed E-state index contributed by atoms with van der Waals surface area (Å²) in [5.74, 6) is 0. The normalized spacial score (nSPS) is 12.9. The Kier molecular flexibility index (Phi) is 6.43. The highest BCUT2D eigenvalue weighted by Gasteiger charge is 2.35. The summed E-state index contributed by atoms with van der Waals surface area (Å²) in [5.41, 5.74) is 0. The van der Waals surface area contributed by atoms with Crippen molar-refractivity contribution in [3.63, 3.8) is 0 Å². The molecular formula is C11H12Cl3NO2S. The number of alkyl carbamates (subject to hydrolysis) is 1. The summed E-state index contributed by atoms with van der Waals surface area (Å²) >= 11 is 18.7. The monoisotopic (exact) mass is 327 g/mol. The molecule has 0 unspecified atom stereocenters. The van der Waals surface area contributed by atoms with Crippen molar-refractivity contribution in [3.8, 4) is 0 Å². The van der Waals surface area contributed by atoms with Gasteiger partial charge < -0.3 is 10.1 Å². The molecule has 3 nitrogen and oxygen atoms in total. The zero-order chi connectivity index (χ0) is 13.6. The van der Waals surface area contributed by atoms with Gasteiger partial charge in [0.1, 0.15) is 5.37 Å². The largest absolute Gasteiger partial charge is 0.450 e. The highest BCUT2D eigenvalue weighted by molar-refractivity contribution is 8.00. The van der Waals surface area contributed by atoms with E-state index in [1.165, 1.54) is 11.8 Å². The molecule has 0 radical (unpaired) electrons. The number of rotatable bonds is 4. The minimum atomic E-state index is -1.63. The average molecular weight is 329 g/mol. The minimum Gasteiger partial charge on any atom is -0.450 e. The quantitative estimate of drug-likeness (QED) is 0.511. The lowest BCUT2D eigenvalue weighted by Crippen LogP contribution is -2.41. The van der Waals surface area contributed by atoms with Crippen LogP contribution in [0.15, 0.2) is 35.2 Å². The number of ether oxygens (including phenoxy) is 1. The molecule has 1 N–H and O–H groups in total. The molecule has 0 bridgehead atoms. The van der Waals surface area contributed by atoms with Gasteiger partial charge >= 0.3 is 6.09 Å². The Bertz CT molecular complexity index is 384. The van der Waals surface area contributed by atoms with Crippen LogP contribution in [0.25, 0.3) is 0 Å². The summed E-state index contributed by atoms with van der Waals surface area (Å²) in [6, 6.07) is 9.33. The Labute approximate surface area is 125 Å².